The molecule has 0 aliphatic carbocycles. The maximum atomic E-state index is 13.7. The van der Waals surface area contributed by atoms with Gasteiger partial charge in [0.25, 0.3) is 5.92 Å². The molecule has 0 saturated carbocycles. The second-order valence-corrected chi connectivity index (χ2v) is 5.77. The summed E-state index contributed by atoms with van der Waals surface area (Å²) in [5, 5.41) is 11.4. The van der Waals surface area contributed by atoms with E-state index in [1.807, 2.05) is 11.0 Å². The molecule has 122 valence electrons. The van der Waals surface area contributed by atoms with Gasteiger partial charge in [0.05, 0.1) is 12.1 Å². The second kappa shape index (κ2) is 6.08. The molecule has 2 fully saturated rings. The zero-order chi connectivity index (χ0) is 16.4. The molecule has 0 radical (unpaired) electrons. The summed E-state index contributed by atoms with van der Waals surface area (Å²) >= 11 is 0. The number of nitrogens with one attached hydrogen (secondary N) is 1. The molecule has 2 saturated heterocycles. The number of amides is 1. The van der Waals surface area contributed by atoms with Gasteiger partial charge in [0.2, 0.25) is 5.91 Å². The van der Waals surface area contributed by atoms with Crippen LogP contribution in [0.15, 0.2) is 18.3 Å². The maximum absolute atomic E-state index is 13.7. The number of carbonyl (C=O) groups excluding carboxylic acids is 1. The molecular weight excluding hydrogens is 304 g/mol. The monoisotopic (exact) mass is 321 g/mol. The van der Waals surface area contributed by atoms with Crippen LogP contribution in [0.3, 0.4) is 0 Å². The van der Waals surface area contributed by atoms with Gasteiger partial charge in [0.1, 0.15) is 17.8 Å². The van der Waals surface area contributed by atoms with E-state index >= 15 is 0 Å². The number of halogens is 2. The van der Waals surface area contributed by atoms with Crippen molar-refractivity contribution < 1.29 is 13.6 Å². The Bertz CT molecular complexity index is 620. The molecule has 2 aliphatic rings. The zero-order valence-electron chi connectivity index (χ0n) is 12.5. The molecule has 0 spiro atoms. The van der Waals surface area contributed by atoms with Crippen LogP contribution < -0.4 is 10.2 Å². The molecule has 1 amide bonds. The number of nitriles is 1. The number of alkyl halides is 2. The fourth-order valence-electron chi connectivity index (χ4n) is 2.94. The normalized spacial score (nSPS) is 23.6. The molecule has 8 heteroatoms. The van der Waals surface area contributed by atoms with Crippen LogP contribution in [0.2, 0.25) is 0 Å². The summed E-state index contributed by atoms with van der Waals surface area (Å²) in [5.74, 6) is -3.98. The lowest BCUT2D eigenvalue weighted by Gasteiger charge is -2.37. The largest absolute Gasteiger partial charge is 0.353 e. The van der Waals surface area contributed by atoms with Gasteiger partial charge < -0.3 is 15.1 Å². The van der Waals surface area contributed by atoms with Crippen molar-refractivity contribution in [1.29, 1.82) is 5.26 Å². The Balaban J connectivity index is 1.60. The van der Waals surface area contributed by atoms with Crippen LogP contribution in [0, 0.1) is 17.2 Å². The molecular formula is C15H17F2N5O. The summed E-state index contributed by atoms with van der Waals surface area (Å²) in [4.78, 5) is 20.0. The fraction of sp³-hybridized carbons (Fsp3) is 0.533. The first kappa shape index (κ1) is 15.6. The molecule has 1 unspecified atom stereocenters. The number of hydrogen-bond acceptors (Lipinski definition) is 5. The molecule has 6 nitrogen and oxygen atoms in total. The highest BCUT2D eigenvalue weighted by molar-refractivity contribution is 5.81. The van der Waals surface area contributed by atoms with Crippen molar-refractivity contribution in [3.8, 4) is 6.07 Å². The van der Waals surface area contributed by atoms with Crippen molar-refractivity contribution in [2.45, 2.75) is 5.92 Å². The summed E-state index contributed by atoms with van der Waals surface area (Å²) in [6, 6.07) is 5.45. The number of anilines is 1. The van der Waals surface area contributed by atoms with E-state index in [1.54, 1.807) is 12.1 Å². The number of nitrogens with zero attached hydrogens (tertiary/aromatic N) is 4. The van der Waals surface area contributed by atoms with Crippen LogP contribution >= 0.6 is 0 Å². The standard InChI is InChI=1S/C15H17F2N5O/c16-15(17)10-19-9-12(15)14(23)22-5-3-21(4-6-22)13-2-1-11(7-18)8-20-13/h1-2,8,12,19H,3-6,9-10H2. The highest BCUT2D eigenvalue weighted by Crippen LogP contribution is 2.30. The van der Waals surface area contributed by atoms with E-state index in [0.29, 0.717) is 31.7 Å². The van der Waals surface area contributed by atoms with E-state index in [1.165, 1.54) is 11.1 Å². The van der Waals surface area contributed by atoms with Gasteiger partial charge in [-0.25, -0.2) is 13.8 Å². The van der Waals surface area contributed by atoms with Crippen molar-refractivity contribution in [3.63, 3.8) is 0 Å². The number of carbonyl (C=O) groups is 1. The molecule has 2 aliphatic heterocycles. The number of hydrogen-bond donors (Lipinski definition) is 1. The van der Waals surface area contributed by atoms with Gasteiger partial charge in [-0.05, 0) is 12.1 Å². The number of rotatable bonds is 2. The third-order valence-corrected chi connectivity index (χ3v) is 4.31. The third-order valence-electron chi connectivity index (χ3n) is 4.31. The Morgan fingerprint density at radius 1 is 1.35 bits per heavy atom. The van der Waals surface area contributed by atoms with E-state index in [4.69, 9.17) is 5.26 Å². The molecule has 1 aromatic rings. The van der Waals surface area contributed by atoms with Crippen LogP contribution in [-0.2, 0) is 4.79 Å². The summed E-state index contributed by atoms with van der Waals surface area (Å²) in [6.07, 6.45) is 1.50. The predicted molar refractivity (Wildman–Crippen MR) is 79.1 cm³/mol. The number of aromatic nitrogens is 1. The van der Waals surface area contributed by atoms with Crippen molar-refractivity contribution in [3.05, 3.63) is 23.9 Å². The third kappa shape index (κ3) is 3.10. The highest BCUT2D eigenvalue weighted by atomic mass is 19.3. The molecule has 23 heavy (non-hydrogen) atoms. The summed E-state index contributed by atoms with van der Waals surface area (Å²) < 4.78 is 27.3. The SMILES string of the molecule is N#Cc1ccc(N2CCN(C(=O)C3CNCC3(F)F)CC2)nc1. The van der Waals surface area contributed by atoms with E-state index < -0.39 is 24.3 Å². The quantitative estimate of drug-likeness (QED) is 0.857. The first-order chi connectivity index (χ1) is 11.0. The van der Waals surface area contributed by atoms with Crippen LogP contribution in [0.4, 0.5) is 14.6 Å². The van der Waals surface area contributed by atoms with Gasteiger partial charge >= 0.3 is 0 Å². The fourth-order valence-corrected chi connectivity index (χ4v) is 2.94. The van der Waals surface area contributed by atoms with Crippen LogP contribution in [0.5, 0.6) is 0 Å². The molecule has 0 bridgehead atoms. The van der Waals surface area contributed by atoms with E-state index in [9.17, 15) is 13.6 Å². The molecule has 1 atom stereocenters. The van der Waals surface area contributed by atoms with Gasteiger partial charge in [-0.2, -0.15) is 5.26 Å². The second-order valence-electron chi connectivity index (χ2n) is 5.77. The molecule has 0 aromatic carbocycles. The van der Waals surface area contributed by atoms with Gasteiger partial charge in [-0.15, -0.1) is 0 Å². The van der Waals surface area contributed by atoms with Crippen LogP contribution in [0.25, 0.3) is 0 Å². The topological polar surface area (TPSA) is 72.3 Å². The van der Waals surface area contributed by atoms with Crippen molar-refractivity contribution in [1.82, 2.24) is 15.2 Å². The molecule has 1 aromatic heterocycles. The first-order valence-corrected chi connectivity index (χ1v) is 7.50. The molecule has 1 N–H and O–H groups in total. The highest BCUT2D eigenvalue weighted by Gasteiger charge is 2.49. The number of pyridine rings is 1. The minimum Gasteiger partial charge on any atom is -0.353 e. The first-order valence-electron chi connectivity index (χ1n) is 7.50. The van der Waals surface area contributed by atoms with E-state index in [0.717, 1.165) is 5.82 Å². The van der Waals surface area contributed by atoms with E-state index in [2.05, 4.69) is 10.3 Å². The van der Waals surface area contributed by atoms with Gasteiger partial charge in [0.15, 0.2) is 0 Å². The van der Waals surface area contributed by atoms with Crippen molar-refractivity contribution in [2.75, 3.05) is 44.2 Å². The maximum Gasteiger partial charge on any atom is 0.273 e. The van der Waals surface area contributed by atoms with Crippen molar-refractivity contribution >= 4 is 11.7 Å². The minimum absolute atomic E-state index is 0.0310. The Labute approximate surface area is 132 Å². The van der Waals surface area contributed by atoms with Gasteiger partial charge in [-0.3, -0.25) is 4.79 Å². The smallest absolute Gasteiger partial charge is 0.273 e. The summed E-state index contributed by atoms with van der Waals surface area (Å²) in [6.45, 7) is 1.47. The van der Waals surface area contributed by atoms with Crippen LogP contribution in [0.1, 0.15) is 5.56 Å². The summed E-state index contributed by atoms with van der Waals surface area (Å²) in [7, 11) is 0. The molecule has 3 rings (SSSR count). The Kier molecular flexibility index (Phi) is 4.13. The Hall–Kier alpha value is -2.27. The van der Waals surface area contributed by atoms with Crippen LogP contribution in [-0.4, -0.2) is 61.0 Å². The average molecular weight is 321 g/mol. The van der Waals surface area contributed by atoms with Crippen molar-refractivity contribution in [2.24, 2.45) is 5.92 Å². The lowest BCUT2D eigenvalue weighted by Crippen LogP contribution is -2.52. The number of piperazine rings is 1. The van der Waals surface area contributed by atoms with Gasteiger partial charge in [0, 0.05) is 38.9 Å². The average Bonchev–Trinajstić information content (AvgIpc) is 2.94. The zero-order valence-corrected chi connectivity index (χ0v) is 12.5. The minimum atomic E-state index is -2.97. The van der Waals surface area contributed by atoms with E-state index in [-0.39, 0.29) is 6.54 Å². The Morgan fingerprint density at radius 3 is 2.61 bits per heavy atom. The Morgan fingerprint density at radius 2 is 2.09 bits per heavy atom. The summed E-state index contributed by atoms with van der Waals surface area (Å²) in [5.41, 5.74) is 0.485. The molecule has 3 heterocycles. The predicted octanol–water partition coefficient (Wildman–Crippen LogP) is 0.457. The lowest BCUT2D eigenvalue weighted by molar-refractivity contribution is -0.145. The van der Waals surface area contributed by atoms with Gasteiger partial charge in [-0.1, -0.05) is 0 Å². The lowest BCUT2D eigenvalue weighted by atomic mass is 10.0.